The number of fused-ring (bicyclic) bond motifs is 6. The molecule has 2 aliphatic carbocycles. The fraction of sp³-hybridized carbons (Fsp3) is 0.0545. The molecule has 0 N–H and O–H groups in total. The van der Waals surface area contributed by atoms with Crippen LogP contribution in [0.3, 0.4) is 0 Å². The van der Waals surface area contributed by atoms with Crippen LogP contribution in [-0.2, 0) is 11.8 Å². The molecule has 57 heavy (non-hydrogen) atoms. The molecule has 10 rings (SSSR count). The molecule has 0 spiro atoms. The molecule has 2 nitrogen and oxygen atoms in total. The van der Waals surface area contributed by atoms with Gasteiger partial charge in [-0.25, -0.2) is 0 Å². The minimum Gasteiger partial charge on any atom is -0.456 e. The van der Waals surface area contributed by atoms with Crippen molar-refractivity contribution in [3.8, 4) is 22.3 Å². The zero-order chi connectivity index (χ0) is 38.3. The summed E-state index contributed by atoms with van der Waals surface area (Å²) in [6.45, 7) is 7.96. The molecule has 7 aromatic carbocycles. The lowest BCUT2D eigenvalue weighted by atomic mass is 9.68. The second-order valence-electron chi connectivity index (χ2n) is 14.8. The number of nitrogens with zero attached hydrogens (tertiary/aromatic N) is 1. The highest BCUT2D eigenvalue weighted by atomic mass is 16.3. The Bertz CT molecular complexity index is 2820. The second-order valence-corrected chi connectivity index (χ2v) is 14.8. The normalized spacial score (nSPS) is 13.8. The Labute approximate surface area is 334 Å². The maximum absolute atomic E-state index is 6.49. The molecule has 0 amide bonds. The number of furan rings is 1. The highest BCUT2D eigenvalue weighted by Crippen LogP contribution is 2.57. The Morgan fingerprint density at radius 1 is 0.596 bits per heavy atom. The summed E-state index contributed by atoms with van der Waals surface area (Å²) in [4.78, 5) is 2.36. The predicted molar refractivity (Wildman–Crippen MR) is 239 cm³/mol. The van der Waals surface area contributed by atoms with E-state index >= 15 is 0 Å². The number of benzene rings is 7. The Kier molecular flexibility index (Phi) is 8.53. The van der Waals surface area contributed by atoms with E-state index in [4.69, 9.17) is 4.42 Å². The minimum absolute atomic E-state index is 0.457. The van der Waals surface area contributed by atoms with Crippen molar-refractivity contribution >= 4 is 39.7 Å². The van der Waals surface area contributed by atoms with Gasteiger partial charge in [0.1, 0.15) is 11.3 Å². The van der Waals surface area contributed by atoms with Crippen LogP contribution in [0.15, 0.2) is 212 Å². The summed E-state index contributed by atoms with van der Waals surface area (Å²) in [6.07, 6.45) is 12.1. The Hall–Kier alpha value is -7.16. The van der Waals surface area contributed by atoms with Gasteiger partial charge in [0.15, 0.2) is 0 Å². The maximum Gasteiger partial charge on any atom is 0.142 e. The molecule has 0 saturated carbocycles. The van der Waals surface area contributed by atoms with E-state index in [1.165, 1.54) is 44.3 Å². The third-order valence-corrected chi connectivity index (χ3v) is 11.8. The summed E-state index contributed by atoms with van der Waals surface area (Å²) < 4.78 is 6.49. The van der Waals surface area contributed by atoms with Gasteiger partial charge in [0, 0.05) is 33.6 Å². The van der Waals surface area contributed by atoms with Crippen molar-refractivity contribution in [1.29, 1.82) is 0 Å². The summed E-state index contributed by atoms with van der Waals surface area (Å²) >= 11 is 0. The lowest BCUT2D eigenvalue weighted by molar-refractivity contribution is 0.596. The molecule has 272 valence electrons. The van der Waals surface area contributed by atoms with E-state index in [1.807, 2.05) is 12.2 Å². The number of anilines is 3. The molecular weight excluding hydrogens is 691 g/mol. The smallest absolute Gasteiger partial charge is 0.142 e. The zero-order valence-electron chi connectivity index (χ0n) is 31.7. The fourth-order valence-corrected chi connectivity index (χ4v) is 9.25. The van der Waals surface area contributed by atoms with Crippen LogP contribution in [0.1, 0.15) is 45.6 Å². The fourth-order valence-electron chi connectivity index (χ4n) is 9.25. The third-order valence-electron chi connectivity index (χ3n) is 11.8. The van der Waals surface area contributed by atoms with Gasteiger partial charge in [-0.1, -0.05) is 171 Å². The van der Waals surface area contributed by atoms with Gasteiger partial charge in [0.25, 0.3) is 0 Å². The first-order valence-electron chi connectivity index (χ1n) is 19.7. The van der Waals surface area contributed by atoms with Crippen molar-refractivity contribution in [2.45, 2.75) is 18.3 Å². The van der Waals surface area contributed by atoms with E-state index in [2.05, 4.69) is 200 Å². The van der Waals surface area contributed by atoms with Crippen LogP contribution in [0.2, 0.25) is 0 Å². The first-order valence-corrected chi connectivity index (χ1v) is 19.7. The Morgan fingerprint density at radius 3 is 1.93 bits per heavy atom. The lowest BCUT2D eigenvalue weighted by Gasteiger charge is -2.34. The molecule has 0 unspecified atom stereocenters. The summed E-state index contributed by atoms with van der Waals surface area (Å²) in [5.74, 6) is 0.985. The second kappa shape index (κ2) is 14.2. The summed E-state index contributed by atoms with van der Waals surface area (Å²) in [5.41, 5.74) is 16.9. The van der Waals surface area contributed by atoms with Crippen LogP contribution in [-0.4, -0.2) is 0 Å². The monoisotopic (exact) mass is 731 g/mol. The molecule has 1 heterocycles. The van der Waals surface area contributed by atoms with Crippen LogP contribution in [0.4, 0.5) is 17.1 Å². The number of hydrogen-bond acceptors (Lipinski definition) is 2. The number of rotatable bonds is 9. The van der Waals surface area contributed by atoms with Gasteiger partial charge in [-0.15, -0.1) is 0 Å². The Morgan fingerprint density at radius 2 is 1.23 bits per heavy atom. The highest BCUT2D eigenvalue weighted by molar-refractivity contribution is 5.97. The van der Waals surface area contributed by atoms with Gasteiger partial charge in [-0.2, -0.15) is 0 Å². The number of para-hydroxylation sites is 1. The summed E-state index contributed by atoms with van der Waals surface area (Å²) in [7, 11) is 0. The third kappa shape index (κ3) is 5.56. The molecular formula is C55H41NO. The number of aryl methyl sites for hydroxylation is 1. The molecule has 8 aromatic rings. The molecule has 0 radical (unpaired) electrons. The quantitative estimate of drug-likeness (QED) is 0.137. The molecule has 0 fully saturated rings. The van der Waals surface area contributed by atoms with Gasteiger partial charge < -0.3 is 9.32 Å². The molecule has 1 aromatic heterocycles. The van der Waals surface area contributed by atoms with Crippen LogP contribution < -0.4 is 4.90 Å². The van der Waals surface area contributed by atoms with Crippen molar-refractivity contribution in [3.05, 3.63) is 246 Å². The van der Waals surface area contributed by atoms with Gasteiger partial charge in [0.05, 0.1) is 5.41 Å². The van der Waals surface area contributed by atoms with E-state index in [0.717, 1.165) is 63.5 Å². The Balaban J connectivity index is 1.14. The topological polar surface area (TPSA) is 16.4 Å². The maximum atomic E-state index is 6.49. The van der Waals surface area contributed by atoms with Crippen molar-refractivity contribution in [2.75, 3.05) is 4.90 Å². The van der Waals surface area contributed by atoms with E-state index in [0.29, 0.717) is 0 Å². The lowest BCUT2D eigenvalue weighted by Crippen LogP contribution is -2.28. The minimum atomic E-state index is -0.457. The molecule has 0 atom stereocenters. The highest BCUT2D eigenvalue weighted by Gasteiger charge is 2.46. The van der Waals surface area contributed by atoms with Crippen LogP contribution >= 0.6 is 0 Å². The summed E-state index contributed by atoms with van der Waals surface area (Å²) in [6, 6.07) is 62.1. The van der Waals surface area contributed by atoms with Gasteiger partial charge in [-0.3, -0.25) is 0 Å². The van der Waals surface area contributed by atoms with Gasteiger partial charge in [-0.05, 0) is 105 Å². The standard InChI is InChI=1S/C55H41NO/c1-3-16-38(4-2)39-27-31-43(32-28-39)56(44-33-29-40(30-34-44)46-23-15-24-49-48-22-12-14-26-53(48)57-54(46)49)45-35-36-52-50(37-45)47-21-11-13-25-51(47)55(52,41-17-7-5-8-18-41)42-19-9-6-10-20-42/h3-11,13-21,23-37H,1-2,12,22H2/b38-16+. The first kappa shape index (κ1) is 34.3. The number of hydrogen-bond donors (Lipinski definition) is 0. The van der Waals surface area contributed by atoms with E-state index in [1.54, 1.807) is 6.08 Å². The average molecular weight is 732 g/mol. The summed E-state index contributed by atoms with van der Waals surface area (Å²) in [5, 5.41) is 1.21. The first-order chi connectivity index (χ1) is 28.2. The molecule has 0 saturated heterocycles. The van der Waals surface area contributed by atoms with Crippen molar-refractivity contribution in [3.63, 3.8) is 0 Å². The van der Waals surface area contributed by atoms with E-state index in [-0.39, 0.29) is 0 Å². The van der Waals surface area contributed by atoms with E-state index in [9.17, 15) is 0 Å². The SMILES string of the molecule is C=C/C=C(\C=C)c1ccc(N(c2ccc(-c3cccc4c5c(oc34)C=CCC5)cc2)c2ccc3c(c2)-c2ccccc2C3(c2ccccc2)c2ccccc2)cc1. The van der Waals surface area contributed by atoms with E-state index < -0.39 is 5.41 Å². The van der Waals surface area contributed by atoms with Gasteiger partial charge in [0.2, 0.25) is 0 Å². The predicted octanol–water partition coefficient (Wildman–Crippen LogP) is 14.6. The largest absolute Gasteiger partial charge is 0.456 e. The van der Waals surface area contributed by atoms with Crippen molar-refractivity contribution in [1.82, 2.24) is 0 Å². The number of allylic oxidation sites excluding steroid dienone is 5. The average Bonchev–Trinajstić information content (AvgIpc) is 3.81. The zero-order valence-corrected chi connectivity index (χ0v) is 31.7. The van der Waals surface area contributed by atoms with Crippen LogP contribution in [0.5, 0.6) is 0 Å². The molecule has 2 aliphatic rings. The van der Waals surface area contributed by atoms with Gasteiger partial charge >= 0.3 is 0 Å². The van der Waals surface area contributed by atoms with Crippen LogP contribution in [0.25, 0.3) is 44.9 Å². The molecule has 2 heteroatoms. The van der Waals surface area contributed by atoms with Crippen molar-refractivity contribution in [2.24, 2.45) is 0 Å². The molecule has 0 bridgehead atoms. The van der Waals surface area contributed by atoms with Crippen molar-refractivity contribution < 1.29 is 4.42 Å². The molecule has 0 aliphatic heterocycles. The van der Waals surface area contributed by atoms with Crippen LogP contribution in [0, 0.1) is 0 Å².